The van der Waals surface area contributed by atoms with Crippen LogP contribution < -0.4 is 10.6 Å². The van der Waals surface area contributed by atoms with Gasteiger partial charge >= 0.3 is 0 Å². The molecule has 4 unspecified atom stereocenters. The molecule has 3 N–H and O–H groups in total. The quantitative estimate of drug-likeness (QED) is 0.565. The van der Waals surface area contributed by atoms with E-state index in [1.807, 2.05) is 48.5 Å². The van der Waals surface area contributed by atoms with E-state index in [9.17, 15) is 19.5 Å². The van der Waals surface area contributed by atoms with Gasteiger partial charge in [0.2, 0.25) is 17.7 Å². The number of nitriles is 1. The summed E-state index contributed by atoms with van der Waals surface area (Å²) in [5, 5.41) is 25.1. The monoisotopic (exact) mass is 470 g/mol. The third-order valence-electron chi connectivity index (χ3n) is 6.65. The Morgan fingerprint density at radius 3 is 2.24 bits per heavy atom. The number of aliphatic hydroxyl groups excluding tert-OH is 1. The first-order chi connectivity index (χ1) is 15.7. The van der Waals surface area contributed by atoms with Crippen molar-refractivity contribution in [3.05, 3.63) is 35.4 Å². The Hall–Kier alpha value is -2.92. The highest BCUT2D eigenvalue weighted by Gasteiger charge is 2.45. The largest absolute Gasteiger partial charge is 0.391 e. The van der Waals surface area contributed by atoms with Gasteiger partial charge in [0.05, 0.1) is 23.8 Å². The zero-order valence-electron chi connectivity index (χ0n) is 21.3. The Bertz CT molecular complexity index is 943. The Kier molecular flexibility index (Phi) is 8.49. The van der Waals surface area contributed by atoms with E-state index in [2.05, 4.69) is 16.7 Å². The van der Waals surface area contributed by atoms with Crippen LogP contribution in [0.3, 0.4) is 0 Å². The number of likely N-dealkylation sites (tertiary alicyclic amines) is 1. The molecule has 1 aliphatic rings. The molecule has 0 aliphatic carbocycles. The summed E-state index contributed by atoms with van der Waals surface area (Å²) in [6.07, 6.45) is -0.0821. The minimum atomic E-state index is -0.845. The van der Waals surface area contributed by atoms with Gasteiger partial charge in [-0.2, -0.15) is 5.26 Å². The summed E-state index contributed by atoms with van der Waals surface area (Å²) in [5.74, 6) is -0.969. The summed E-state index contributed by atoms with van der Waals surface area (Å²) in [6.45, 7) is 13.0. The molecule has 0 bridgehead atoms. The van der Waals surface area contributed by atoms with E-state index in [1.54, 1.807) is 24.3 Å². The molecule has 0 radical (unpaired) electrons. The van der Waals surface area contributed by atoms with Crippen molar-refractivity contribution in [1.29, 1.82) is 5.26 Å². The molecular formula is C26H38N4O4. The van der Waals surface area contributed by atoms with E-state index in [1.165, 1.54) is 4.90 Å². The zero-order valence-corrected chi connectivity index (χ0v) is 21.3. The predicted octanol–water partition coefficient (Wildman–Crippen LogP) is 2.66. The number of hydrogen-bond acceptors (Lipinski definition) is 5. The molecule has 2 rings (SSSR count). The van der Waals surface area contributed by atoms with Crippen molar-refractivity contribution in [3.63, 3.8) is 0 Å². The topological polar surface area (TPSA) is 123 Å². The van der Waals surface area contributed by atoms with E-state index in [4.69, 9.17) is 5.26 Å². The van der Waals surface area contributed by atoms with Crippen LogP contribution in [0, 0.1) is 22.2 Å². The fourth-order valence-electron chi connectivity index (χ4n) is 3.85. The second-order valence-electron chi connectivity index (χ2n) is 10.9. The third kappa shape index (κ3) is 6.35. The van der Waals surface area contributed by atoms with E-state index < -0.39 is 29.0 Å². The molecule has 0 aromatic heterocycles. The predicted molar refractivity (Wildman–Crippen MR) is 129 cm³/mol. The Labute approximate surface area is 202 Å². The first kappa shape index (κ1) is 27.3. The minimum absolute atomic E-state index is 0.0296. The van der Waals surface area contributed by atoms with Crippen molar-refractivity contribution in [1.82, 2.24) is 15.5 Å². The molecule has 4 atom stereocenters. The van der Waals surface area contributed by atoms with Crippen LogP contribution >= 0.6 is 0 Å². The lowest BCUT2D eigenvalue weighted by Crippen LogP contribution is -2.59. The fourth-order valence-corrected chi connectivity index (χ4v) is 3.85. The van der Waals surface area contributed by atoms with Crippen molar-refractivity contribution in [2.75, 3.05) is 6.54 Å². The molecule has 8 nitrogen and oxygen atoms in total. The second kappa shape index (κ2) is 10.6. The molecule has 1 heterocycles. The molecule has 1 aliphatic heterocycles. The smallest absolute Gasteiger partial charge is 0.246 e. The van der Waals surface area contributed by atoms with Gasteiger partial charge in [0.15, 0.2) is 0 Å². The lowest BCUT2D eigenvalue weighted by atomic mass is 9.83. The lowest BCUT2D eigenvalue weighted by molar-refractivity contribution is -0.145. The molecule has 1 saturated heterocycles. The summed E-state index contributed by atoms with van der Waals surface area (Å²) in [6, 6.07) is 6.94. The van der Waals surface area contributed by atoms with Crippen LogP contribution in [0.15, 0.2) is 24.3 Å². The molecule has 1 fully saturated rings. The fraction of sp³-hybridized carbons (Fsp3) is 0.615. The molecule has 0 saturated carbocycles. The van der Waals surface area contributed by atoms with Crippen LogP contribution in [0.25, 0.3) is 0 Å². The van der Waals surface area contributed by atoms with Crippen LogP contribution in [0.5, 0.6) is 0 Å². The van der Waals surface area contributed by atoms with E-state index in [0.29, 0.717) is 12.0 Å². The number of nitrogens with one attached hydrogen (secondary N) is 2. The Morgan fingerprint density at radius 1 is 1.15 bits per heavy atom. The number of nitrogens with zero attached hydrogens (tertiary/aromatic N) is 2. The Morgan fingerprint density at radius 2 is 1.74 bits per heavy atom. The van der Waals surface area contributed by atoms with Crippen molar-refractivity contribution in [2.45, 2.75) is 85.5 Å². The van der Waals surface area contributed by atoms with Crippen LogP contribution in [0.4, 0.5) is 0 Å². The molecule has 8 heteroatoms. The molecule has 0 spiro atoms. The Balaban J connectivity index is 2.22. The van der Waals surface area contributed by atoms with Gasteiger partial charge < -0.3 is 20.6 Å². The second-order valence-corrected chi connectivity index (χ2v) is 10.9. The van der Waals surface area contributed by atoms with Gasteiger partial charge in [0, 0.05) is 18.4 Å². The van der Waals surface area contributed by atoms with Gasteiger partial charge in [-0.1, -0.05) is 53.7 Å². The maximum Gasteiger partial charge on any atom is 0.246 e. The normalized spacial score (nSPS) is 20.3. The lowest BCUT2D eigenvalue weighted by Gasteiger charge is -2.37. The maximum atomic E-state index is 13.6. The third-order valence-corrected chi connectivity index (χ3v) is 6.65. The number of carbonyl (C=O) groups is 3. The van der Waals surface area contributed by atoms with E-state index >= 15 is 0 Å². The number of aliphatic hydroxyl groups is 1. The number of carbonyl (C=O) groups excluding carboxylic acids is 3. The van der Waals surface area contributed by atoms with Gasteiger partial charge in [-0.3, -0.25) is 14.4 Å². The maximum absolute atomic E-state index is 13.6. The molecule has 3 amide bonds. The minimum Gasteiger partial charge on any atom is -0.391 e. The highest BCUT2D eigenvalue weighted by atomic mass is 16.3. The molecule has 34 heavy (non-hydrogen) atoms. The number of hydrogen-bond donors (Lipinski definition) is 3. The number of benzene rings is 1. The van der Waals surface area contributed by atoms with E-state index in [-0.39, 0.29) is 36.7 Å². The van der Waals surface area contributed by atoms with Crippen molar-refractivity contribution < 1.29 is 19.5 Å². The van der Waals surface area contributed by atoms with E-state index in [0.717, 1.165) is 5.56 Å². The van der Waals surface area contributed by atoms with Gasteiger partial charge in [0.25, 0.3) is 0 Å². The highest BCUT2D eigenvalue weighted by molar-refractivity contribution is 5.94. The summed E-state index contributed by atoms with van der Waals surface area (Å²) >= 11 is 0. The zero-order chi connectivity index (χ0) is 25.8. The van der Waals surface area contributed by atoms with Crippen LogP contribution in [-0.4, -0.2) is 52.5 Å². The number of rotatable bonds is 7. The molecule has 1 aromatic carbocycles. The molecular weight excluding hydrogens is 432 g/mol. The highest BCUT2D eigenvalue weighted by Crippen LogP contribution is 2.28. The summed E-state index contributed by atoms with van der Waals surface area (Å²) in [4.78, 5) is 41.0. The van der Waals surface area contributed by atoms with Crippen LogP contribution in [0.1, 0.15) is 78.5 Å². The average molecular weight is 471 g/mol. The molecule has 186 valence electrons. The van der Waals surface area contributed by atoms with Crippen molar-refractivity contribution in [3.8, 4) is 6.07 Å². The SMILES string of the molecule is CCC(C)(C)C(=O)NC(C(=O)N1CC(O)CC1C(=O)NC(C)c1ccc(C#N)cc1)C(C)(C)C. The van der Waals surface area contributed by atoms with Gasteiger partial charge in [-0.05, 0) is 36.5 Å². The van der Waals surface area contributed by atoms with Crippen LogP contribution in [0.2, 0.25) is 0 Å². The summed E-state index contributed by atoms with van der Waals surface area (Å²) in [7, 11) is 0. The summed E-state index contributed by atoms with van der Waals surface area (Å²) < 4.78 is 0. The summed E-state index contributed by atoms with van der Waals surface area (Å²) in [5.41, 5.74) is 0.118. The first-order valence-electron chi connectivity index (χ1n) is 11.8. The number of amides is 3. The van der Waals surface area contributed by atoms with Crippen molar-refractivity contribution >= 4 is 17.7 Å². The van der Waals surface area contributed by atoms with Crippen LogP contribution in [-0.2, 0) is 14.4 Å². The average Bonchev–Trinajstić information content (AvgIpc) is 3.17. The van der Waals surface area contributed by atoms with Crippen molar-refractivity contribution in [2.24, 2.45) is 10.8 Å². The van der Waals surface area contributed by atoms with Gasteiger partial charge in [0.1, 0.15) is 12.1 Å². The van der Waals surface area contributed by atoms with Gasteiger partial charge in [-0.25, -0.2) is 0 Å². The van der Waals surface area contributed by atoms with Gasteiger partial charge in [-0.15, -0.1) is 0 Å². The first-order valence-corrected chi connectivity index (χ1v) is 11.8. The number of β-amino-alcohol motifs (C(OH)–C–C–N with tert-alkyl or cyclic N) is 1. The molecule has 1 aromatic rings. The standard InChI is InChI=1S/C26H38N4O4/c1-8-26(6,7)24(34)29-21(25(3,4)5)23(33)30-15-19(31)13-20(30)22(32)28-16(2)18-11-9-17(14-27)10-12-18/h9-12,16,19-21,31H,8,13,15H2,1-7H3,(H,28,32)(H,29,34).